The lowest BCUT2D eigenvalue weighted by Gasteiger charge is -2.21. The predicted molar refractivity (Wildman–Crippen MR) is 60.0 cm³/mol. The summed E-state index contributed by atoms with van der Waals surface area (Å²) in [4.78, 5) is 0. The fourth-order valence-corrected chi connectivity index (χ4v) is 2.73. The highest BCUT2D eigenvalue weighted by Gasteiger charge is 2.41. The summed E-state index contributed by atoms with van der Waals surface area (Å²) >= 11 is 0. The minimum absolute atomic E-state index is 0.595. The molecule has 0 saturated heterocycles. The molecule has 14 heavy (non-hydrogen) atoms. The third-order valence-electron chi connectivity index (χ3n) is 4.05. The largest absolute Gasteiger partial charge is 0.0741 e. The van der Waals surface area contributed by atoms with Gasteiger partial charge >= 0.3 is 0 Å². The first-order valence-corrected chi connectivity index (χ1v) is 5.81. The molecule has 0 amide bonds. The van der Waals surface area contributed by atoms with Crippen LogP contribution in [0.15, 0.2) is 34.9 Å². The molecule has 0 aromatic rings. The summed E-state index contributed by atoms with van der Waals surface area (Å²) in [7, 11) is 0. The van der Waals surface area contributed by atoms with Crippen molar-refractivity contribution in [1.82, 2.24) is 0 Å². The fraction of sp³-hybridized carbons (Fsp3) is 0.571. The van der Waals surface area contributed by atoms with Crippen molar-refractivity contribution in [2.24, 2.45) is 11.3 Å². The van der Waals surface area contributed by atoms with Crippen LogP contribution in [-0.4, -0.2) is 0 Å². The minimum Gasteiger partial charge on any atom is -0.0741 e. The van der Waals surface area contributed by atoms with E-state index in [1.807, 2.05) is 0 Å². The van der Waals surface area contributed by atoms with Crippen molar-refractivity contribution < 1.29 is 0 Å². The Kier molecular flexibility index (Phi) is 1.60. The van der Waals surface area contributed by atoms with Crippen molar-refractivity contribution in [2.75, 3.05) is 0 Å². The van der Waals surface area contributed by atoms with Crippen molar-refractivity contribution in [2.45, 2.75) is 39.5 Å². The zero-order chi connectivity index (χ0) is 9.76. The lowest BCUT2D eigenvalue weighted by molar-refractivity contribution is 0.635. The molecule has 1 saturated carbocycles. The highest BCUT2D eigenvalue weighted by molar-refractivity contribution is 5.51. The third kappa shape index (κ3) is 1.20. The molecule has 0 nitrogen and oxygen atoms in total. The average molecular weight is 186 g/mol. The van der Waals surface area contributed by atoms with Crippen LogP contribution in [0.4, 0.5) is 0 Å². The van der Waals surface area contributed by atoms with Crippen molar-refractivity contribution in [3.63, 3.8) is 0 Å². The molecule has 0 heterocycles. The number of fused-ring (bicyclic) bond motifs is 1. The van der Waals surface area contributed by atoms with E-state index in [1.54, 1.807) is 11.1 Å². The molecule has 3 aliphatic carbocycles. The minimum atomic E-state index is 0.595. The van der Waals surface area contributed by atoms with Gasteiger partial charge in [-0.25, -0.2) is 0 Å². The second-order valence-corrected chi connectivity index (χ2v) is 5.40. The van der Waals surface area contributed by atoms with E-state index in [9.17, 15) is 0 Å². The Bertz CT molecular complexity index is 361. The van der Waals surface area contributed by atoms with E-state index in [2.05, 4.69) is 32.1 Å². The molecule has 3 rings (SSSR count). The van der Waals surface area contributed by atoms with Crippen LogP contribution in [0.1, 0.15) is 39.5 Å². The lowest BCUT2D eigenvalue weighted by Crippen LogP contribution is -2.05. The van der Waals surface area contributed by atoms with E-state index >= 15 is 0 Å². The van der Waals surface area contributed by atoms with Crippen LogP contribution in [0.25, 0.3) is 0 Å². The van der Waals surface area contributed by atoms with Crippen LogP contribution in [0.2, 0.25) is 0 Å². The van der Waals surface area contributed by atoms with Gasteiger partial charge in [0.1, 0.15) is 0 Å². The number of allylic oxidation sites excluding steroid dienone is 6. The van der Waals surface area contributed by atoms with Crippen LogP contribution >= 0.6 is 0 Å². The number of rotatable bonds is 1. The van der Waals surface area contributed by atoms with Crippen molar-refractivity contribution in [1.29, 1.82) is 0 Å². The predicted octanol–water partition coefficient (Wildman–Crippen LogP) is 4.01. The maximum Gasteiger partial charge on any atom is -0.00668 e. The summed E-state index contributed by atoms with van der Waals surface area (Å²) in [6.45, 7) is 4.71. The van der Waals surface area contributed by atoms with Gasteiger partial charge in [-0.3, -0.25) is 0 Å². The smallest absolute Gasteiger partial charge is 0.00668 e. The Hall–Kier alpha value is -0.780. The Morgan fingerprint density at radius 3 is 2.71 bits per heavy atom. The van der Waals surface area contributed by atoms with Crippen LogP contribution < -0.4 is 0 Å². The SMILES string of the molecule is CC1C=C2C=C(C3(C)CC3)CCC2=C1. The molecule has 1 unspecified atom stereocenters. The molecule has 0 bridgehead atoms. The first-order chi connectivity index (χ1) is 6.67. The van der Waals surface area contributed by atoms with E-state index in [-0.39, 0.29) is 0 Å². The Morgan fingerprint density at radius 1 is 1.21 bits per heavy atom. The number of hydrogen-bond donors (Lipinski definition) is 0. The quantitative estimate of drug-likeness (QED) is 0.580. The van der Waals surface area contributed by atoms with Gasteiger partial charge in [0.2, 0.25) is 0 Å². The van der Waals surface area contributed by atoms with Gasteiger partial charge in [-0.15, -0.1) is 0 Å². The van der Waals surface area contributed by atoms with Crippen molar-refractivity contribution in [3.8, 4) is 0 Å². The zero-order valence-corrected chi connectivity index (χ0v) is 9.14. The lowest BCUT2D eigenvalue weighted by atomic mass is 9.84. The molecule has 0 heteroatoms. The van der Waals surface area contributed by atoms with E-state index in [0.717, 1.165) is 0 Å². The molecule has 0 aliphatic heterocycles. The Balaban J connectivity index is 1.95. The van der Waals surface area contributed by atoms with E-state index in [4.69, 9.17) is 0 Å². The molecular formula is C14H18. The van der Waals surface area contributed by atoms with Gasteiger partial charge < -0.3 is 0 Å². The second-order valence-electron chi connectivity index (χ2n) is 5.40. The Labute approximate surface area is 86.4 Å². The second kappa shape index (κ2) is 2.62. The van der Waals surface area contributed by atoms with Gasteiger partial charge in [0, 0.05) is 0 Å². The summed E-state index contributed by atoms with van der Waals surface area (Å²) in [5.74, 6) is 0.669. The van der Waals surface area contributed by atoms with Crippen LogP contribution in [-0.2, 0) is 0 Å². The molecule has 0 radical (unpaired) electrons. The standard InChI is InChI=1S/C14H18/c1-10-7-11-3-4-13(9-12(11)8-10)14(2)5-6-14/h7-10H,3-6H2,1-2H3. The molecule has 0 aromatic heterocycles. The normalized spacial score (nSPS) is 33.0. The van der Waals surface area contributed by atoms with Crippen LogP contribution in [0.5, 0.6) is 0 Å². The van der Waals surface area contributed by atoms with E-state index in [1.165, 1.54) is 31.3 Å². The monoisotopic (exact) mass is 186 g/mol. The summed E-state index contributed by atoms with van der Waals surface area (Å²) in [5, 5.41) is 0. The summed E-state index contributed by atoms with van der Waals surface area (Å²) in [5.41, 5.74) is 5.45. The van der Waals surface area contributed by atoms with E-state index in [0.29, 0.717) is 11.3 Å². The number of hydrogen-bond acceptors (Lipinski definition) is 0. The first-order valence-electron chi connectivity index (χ1n) is 5.81. The average Bonchev–Trinajstić information content (AvgIpc) is 2.79. The van der Waals surface area contributed by atoms with Crippen molar-refractivity contribution >= 4 is 0 Å². The topological polar surface area (TPSA) is 0 Å². The highest BCUT2D eigenvalue weighted by atomic mass is 14.5. The maximum atomic E-state index is 2.48. The van der Waals surface area contributed by atoms with Gasteiger partial charge in [-0.2, -0.15) is 0 Å². The molecule has 0 N–H and O–H groups in total. The molecule has 0 aromatic carbocycles. The molecule has 3 aliphatic rings. The summed E-state index contributed by atoms with van der Waals surface area (Å²) in [6.07, 6.45) is 12.8. The van der Waals surface area contributed by atoms with Crippen LogP contribution in [0.3, 0.4) is 0 Å². The Morgan fingerprint density at radius 2 is 2.00 bits per heavy atom. The summed E-state index contributed by atoms with van der Waals surface area (Å²) in [6, 6.07) is 0. The van der Waals surface area contributed by atoms with Gasteiger partial charge in [0.05, 0.1) is 0 Å². The third-order valence-corrected chi connectivity index (χ3v) is 4.05. The van der Waals surface area contributed by atoms with Crippen LogP contribution in [0, 0.1) is 11.3 Å². The molecule has 74 valence electrons. The van der Waals surface area contributed by atoms with E-state index < -0.39 is 0 Å². The molecule has 1 atom stereocenters. The highest BCUT2D eigenvalue weighted by Crippen LogP contribution is 2.55. The molecule has 1 fully saturated rings. The zero-order valence-electron chi connectivity index (χ0n) is 9.14. The van der Waals surface area contributed by atoms with Crippen molar-refractivity contribution in [3.05, 3.63) is 34.9 Å². The van der Waals surface area contributed by atoms with Gasteiger partial charge in [-0.05, 0) is 48.2 Å². The van der Waals surface area contributed by atoms with Gasteiger partial charge in [-0.1, -0.05) is 37.6 Å². The maximum absolute atomic E-state index is 2.48. The van der Waals surface area contributed by atoms with Gasteiger partial charge in [0.15, 0.2) is 0 Å². The molecular weight excluding hydrogens is 168 g/mol. The molecule has 0 spiro atoms. The summed E-state index contributed by atoms with van der Waals surface area (Å²) < 4.78 is 0. The fourth-order valence-electron chi connectivity index (χ4n) is 2.73. The first kappa shape index (κ1) is 8.52. The van der Waals surface area contributed by atoms with Gasteiger partial charge in [0.25, 0.3) is 0 Å².